The predicted molar refractivity (Wildman–Crippen MR) is 64.5 cm³/mol. The number of hydrogen-bond donors (Lipinski definition) is 2. The quantitative estimate of drug-likeness (QED) is 0.727. The number of benzene rings is 1. The second-order valence-electron chi connectivity index (χ2n) is 3.67. The van der Waals surface area contributed by atoms with Crippen LogP contribution < -0.4 is 10.5 Å². The maximum atomic E-state index is 11.7. The van der Waals surface area contributed by atoms with Gasteiger partial charge in [-0.1, -0.05) is 6.07 Å². The lowest BCUT2D eigenvalue weighted by molar-refractivity contribution is -0.115. The van der Waals surface area contributed by atoms with Crippen LogP contribution in [-0.2, 0) is 14.6 Å². The maximum absolute atomic E-state index is 11.7. The lowest BCUT2D eigenvalue weighted by Crippen LogP contribution is -2.23. The minimum atomic E-state index is -3.75. The number of carbonyl (C=O) groups is 1. The van der Waals surface area contributed by atoms with Gasteiger partial charge in [0.25, 0.3) is 0 Å². The average molecular weight is 272 g/mol. The molecule has 1 aromatic rings. The Morgan fingerprint density at radius 2 is 2.17 bits per heavy atom. The molecule has 1 rings (SSSR count). The van der Waals surface area contributed by atoms with Crippen molar-refractivity contribution in [2.45, 2.75) is 11.0 Å². The van der Waals surface area contributed by atoms with Crippen LogP contribution in [0.1, 0.15) is 0 Å². The molecule has 0 heterocycles. The van der Waals surface area contributed by atoms with Gasteiger partial charge in [-0.15, -0.1) is 0 Å². The topological polar surface area (TPSA) is 107 Å². The van der Waals surface area contributed by atoms with Crippen molar-refractivity contribution in [2.75, 3.05) is 12.4 Å². The van der Waals surface area contributed by atoms with E-state index in [1.54, 1.807) is 0 Å². The maximum Gasteiger partial charge on any atom is 0.233 e. The van der Waals surface area contributed by atoms with Gasteiger partial charge in [-0.05, 0) is 25.1 Å². The Hall–Kier alpha value is -1.60. The number of rotatable bonds is 6. The van der Waals surface area contributed by atoms with Crippen LogP contribution in [0.15, 0.2) is 29.2 Å². The highest BCUT2D eigenvalue weighted by Crippen LogP contribution is 2.18. The van der Waals surface area contributed by atoms with Gasteiger partial charge in [-0.25, -0.2) is 8.42 Å². The van der Waals surface area contributed by atoms with Crippen molar-refractivity contribution in [3.05, 3.63) is 31.2 Å². The van der Waals surface area contributed by atoms with E-state index in [0.717, 1.165) is 0 Å². The third-order valence-corrected chi connectivity index (χ3v) is 3.58. The Balaban J connectivity index is 2.91. The fourth-order valence-electron chi connectivity index (χ4n) is 1.22. The van der Waals surface area contributed by atoms with Gasteiger partial charge in [0.1, 0.15) is 18.1 Å². The summed E-state index contributed by atoms with van der Waals surface area (Å²) in [5, 5.41) is 8.95. The summed E-state index contributed by atoms with van der Waals surface area (Å²) < 4.78 is 28.5. The number of aliphatic hydroxyl groups excluding tert-OH is 1. The molecular weight excluding hydrogens is 258 g/mol. The molecule has 6 nitrogen and oxygen atoms in total. The van der Waals surface area contributed by atoms with E-state index < -0.39 is 27.6 Å². The first-order chi connectivity index (χ1) is 8.31. The molecule has 1 radical (unpaired) electrons. The summed E-state index contributed by atoms with van der Waals surface area (Å²) in [6.07, 6.45) is -0.907. The molecule has 3 N–H and O–H groups in total. The largest absolute Gasteiger partial charge is 0.491 e. The summed E-state index contributed by atoms with van der Waals surface area (Å²) in [7, 11) is -3.75. The zero-order chi connectivity index (χ0) is 13.8. The van der Waals surface area contributed by atoms with Crippen LogP contribution in [0.25, 0.3) is 0 Å². The summed E-state index contributed by atoms with van der Waals surface area (Å²) in [5.41, 5.74) is 4.86. The zero-order valence-corrected chi connectivity index (χ0v) is 10.4. The number of nitrogens with two attached hydrogens (primary N) is 1. The van der Waals surface area contributed by atoms with Crippen LogP contribution in [-0.4, -0.2) is 37.9 Å². The Morgan fingerprint density at radius 3 is 2.72 bits per heavy atom. The summed E-state index contributed by atoms with van der Waals surface area (Å²) in [6, 6.07) is 5.61. The van der Waals surface area contributed by atoms with Gasteiger partial charge < -0.3 is 15.6 Å². The molecule has 0 unspecified atom stereocenters. The number of ether oxygens (including phenoxy) is 1. The Labute approximate surface area is 105 Å². The lowest BCUT2D eigenvalue weighted by Gasteiger charge is -2.09. The normalized spacial score (nSPS) is 13.0. The highest BCUT2D eigenvalue weighted by atomic mass is 32.2. The van der Waals surface area contributed by atoms with E-state index in [2.05, 4.69) is 6.92 Å². The van der Waals surface area contributed by atoms with Crippen LogP contribution >= 0.6 is 0 Å². The van der Waals surface area contributed by atoms with E-state index in [1.165, 1.54) is 24.3 Å². The fraction of sp³-hybridized carbons (Fsp3) is 0.273. The standard InChI is InChI=1S/C11H14NO5S/c1-8(13)6-17-9-3-2-4-10(5-9)18(15,16)7-11(12)14/h2-5,8,13H,1,6-7H2,(H2,12,14)/t8-/m0/s1. The van der Waals surface area contributed by atoms with Crippen LogP contribution in [0.5, 0.6) is 5.75 Å². The third kappa shape index (κ3) is 4.34. The minimum Gasteiger partial charge on any atom is -0.491 e. The van der Waals surface area contributed by atoms with E-state index in [0.29, 0.717) is 0 Å². The molecule has 0 aromatic heterocycles. The van der Waals surface area contributed by atoms with Crippen molar-refractivity contribution < 1.29 is 23.1 Å². The molecule has 0 saturated carbocycles. The average Bonchev–Trinajstić information content (AvgIpc) is 2.25. The SMILES string of the molecule is [CH2][C@H](O)COc1cccc(S(=O)(=O)CC(N)=O)c1. The molecular formula is C11H14NO5S. The van der Waals surface area contributed by atoms with Gasteiger partial charge in [0.2, 0.25) is 5.91 Å². The third-order valence-electron chi connectivity index (χ3n) is 1.94. The van der Waals surface area contributed by atoms with Crippen LogP contribution in [0, 0.1) is 6.92 Å². The first-order valence-corrected chi connectivity index (χ1v) is 6.71. The number of carbonyl (C=O) groups excluding carboxylic acids is 1. The molecule has 0 spiro atoms. The van der Waals surface area contributed by atoms with Gasteiger partial charge in [0.15, 0.2) is 9.84 Å². The second kappa shape index (κ2) is 5.83. The van der Waals surface area contributed by atoms with Crippen molar-refractivity contribution in [3.8, 4) is 5.75 Å². The monoisotopic (exact) mass is 272 g/mol. The molecule has 0 aliphatic heterocycles. The van der Waals surface area contributed by atoms with Crippen molar-refractivity contribution in [1.82, 2.24) is 0 Å². The summed E-state index contributed by atoms with van der Waals surface area (Å²) in [6.45, 7) is 3.26. The Kier molecular flexibility index (Phi) is 4.69. The molecule has 0 aliphatic rings. The Bertz CT molecular complexity index is 524. The second-order valence-corrected chi connectivity index (χ2v) is 5.65. The highest BCUT2D eigenvalue weighted by Gasteiger charge is 2.18. The smallest absolute Gasteiger partial charge is 0.233 e. The van der Waals surface area contributed by atoms with Gasteiger partial charge >= 0.3 is 0 Å². The molecule has 18 heavy (non-hydrogen) atoms. The Morgan fingerprint density at radius 1 is 1.50 bits per heavy atom. The molecule has 0 fully saturated rings. The van der Waals surface area contributed by atoms with E-state index >= 15 is 0 Å². The molecule has 0 bridgehead atoms. The molecule has 99 valence electrons. The summed E-state index contributed by atoms with van der Waals surface area (Å²) in [5.74, 6) is -1.41. The van der Waals surface area contributed by atoms with Gasteiger partial charge in [-0.2, -0.15) is 0 Å². The van der Waals surface area contributed by atoms with Gasteiger partial charge in [0.05, 0.1) is 11.0 Å². The van der Waals surface area contributed by atoms with Gasteiger partial charge in [-0.3, -0.25) is 4.79 Å². The molecule has 1 aromatic carbocycles. The first-order valence-electron chi connectivity index (χ1n) is 5.06. The number of aliphatic hydroxyl groups is 1. The molecule has 7 heteroatoms. The number of sulfone groups is 1. The van der Waals surface area contributed by atoms with Gasteiger partial charge in [0, 0.05) is 0 Å². The summed E-state index contributed by atoms with van der Waals surface area (Å²) in [4.78, 5) is 10.6. The lowest BCUT2D eigenvalue weighted by atomic mass is 10.3. The number of amides is 1. The molecule has 0 aliphatic carbocycles. The van der Waals surface area contributed by atoms with E-state index in [4.69, 9.17) is 15.6 Å². The number of primary amides is 1. The first kappa shape index (κ1) is 14.5. The minimum absolute atomic E-state index is 0.0562. The van der Waals surface area contributed by atoms with Crippen LogP contribution in [0.3, 0.4) is 0 Å². The van der Waals surface area contributed by atoms with E-state index in [1.807, 2.05) is 0 Å². The van der Waals surface area contributed by atoms with Crippen LogP contribution in [0.4, 0.5) is 0 Å². The van der Waals surface area contributed by atoms with Crippen molar-refractivity contribution in [3.63, 3.8) is 0 Å². The van der Waals surface area contributed by atoms with Crippen molar-refractivity contribution in [1.29, 1.82) is 0 Å². The summed E-state index contributed by atoms with van der Waals surface area (Å²) >= 11 is 0. The highest BCUT2D eigenvalue weighted by molar-refractivity contribution is 7.92. The van der Waals surface area contributed by atoms with Crippen molar-refractivity contribution >= 4 is 15.7 Å². The molecule has 1 atom stereocenters. The predicted octanol–water partition coefficient (Wildman–Crippen LogP) is -0.481. The number of hydrogen-bond acceptors (Lipinski definition) is 5. The molecule has 1 amide bonds. The van der Waals surface area contributed by atoms with Crippen molar-refractivity contribution in [2.24, 2.45) is 5.73 Å². The van der Waals surface area contributed by atoms with E-state index in [-0.39, 0.29) is 17.3 Å². The van der Waals surface area contributed by atoms with Crippen LogP contribution in [0.2, 0.25) is 0 Å². The fourth-order valence-corrected chi connectivity index (χ4v) is 2.34. The molecule has 0 saturated heterocycles. The zero-order valence-electron chi connectivity index (χ0n) is 9.57. The van der Waals surface area contributed by atoms with E-state index in [9.17, 15) is 13.2 Å².